The molecule has 1 aliphatic rings. The molecular formula is C15H25NOS. The second kappa shape index (κ2) is 6.16. The van der Waals surface area contributed by atoms with Crippen molar-refractivity contribution in [3.05, 3.63) is 18.1 Å². The van der Waals surface area contributed by atoms with Crippen LogP contribution in [0.2, 0.25) is 0 Å². The Labute approximate surface area is 115 Å². The fraction of sp³-hybridized carbons (Fsp3) is 0.733. The summed E-state index contributed by atoms with van der Waals surface area (Å²) in [5, 5.41) is 4.34. The van der Waals surface area contributed by atoms with Gasteiger partial charge in [0.25, 0.3) is 0 Å². The maximum Gasteiger partial charge on any atom is 0.114 e. The molecule has 0 aliphatic heterocycles. The second-order valence-corrected chi connectivity index (χ2v) is 6.86. The minimum atomic E-state index is 0.632. The molecular weight excluding hydrogens is 242 g/mol. The summed E-state index contributed by atoms with van der Waals surface area (Å²) in [4.78, 5) is 1.31. The molecule has 2 nitrogen and oxygen atoms in total. The van der Waals surface area contributed by atoms with Crippen LogP contribution in [-0.4, -0.2) is 17.8 Å². The zero-order valence-electron chi connectivity index (χ0n) is 11.9. The summed E-state index contributed by atoms with van der Waals surface area (Å²) >= 11 is 2.00. The van der Waals surface area contributed by atoms with Gasteiger partial charge in [-0.2, -0.15) is 0 Å². The van der Waals surface area contributed by atoms with E-state index in [0.717, 1.165) is 24.1 Å². The van der Waals surface area contributed by atoms with E-state index in [-0.39, 0.29) is 0 Å². The summed E-state index contributed by atoms with van der Waals surface area (Å²) in [5.74, 6) is 2.66. The Morgan fingerprint density at radius 2 is 2.17 bits per heavy atom. The normalized spacial score (nSPS) is 32.7. The van der Waals surface area contributed by atoms with Crippen LogP contribution in [0.25, 0.3) is 0 Å². The van der Waals surface area contributed by atoms with Crippen LogP contribution in [-0.2, 0) is 0 Å². The molecule has 1 heterocycles. The van der Waals surface area contributed by atoms with Crippen LogP contribution in [0.5, 0.6) is 0 Å². The Hall–Kier alpha value is -0.410. The standard InChI is InChI=1S/C15H25NOS/c1-5-16-13-9-10(2)8-11(3)15(13)18-14-6-7-17-12(14)4/h6-7,10-11,13,15-16H,5,8-9H2,1-4H3. The largest absolute Gasteiger partial charge is 0.468 e. The van der Waals surface area contributed by atoms with Crippen molar-refractivity contribution in [1.29, 1.82) is 0 Å². The van der Waals surface area contributed by atoms with Gasteiger partial charge in [-0.3, -0.25) is 0 Å². The molecule has 1 aromatic heterocycles. The van der Waals surface area contributed by atoms with Gasteiger partial charge >= 0.3 is 0 Å². The Kier molecular flexibility index (Phi) is 4.79. The van der Waals surface area contributed by atoms with Crippen molar-refractivity contribution in [3.63, 3.8) is 0 Å². The van der Waals surface area contributed by atoms with Crippen molar-refractivity contribution in [2.75, 3.05) is 6.54 Å². The van der Waals surface area contributed by atoms with Crippen molar-refractivity contribution in [3.8, 4) is 0 Å². The molecule has 1 aliphatic carbocycles. The first-order chi connectivity index (χ1) is 8.61. The minimum Gasteiger partial charge on any atom is -0.468 e. The van der Waals surface area contributed by atoms with Gasteiger partial charge in [0.05, 0.1) is 6.26 Å². The minimum absolute atomic E-state index is 0.632. The molecule has 1 fully saturated rings. The van der Waals surface area contributed by atoms with Gasteiger partial charge in [-0.25, -0.2) is 0 Å². The van der Waals surface area contributed by atoms with Crippen LogP contribution in [0.1, 0.15) is 39.4 Å². The van der Waals surface area contributed by atoms with Crippen LogP contribution in [0, 0.1) is 18.8 Å². The highest BCUT2D eigenvalue weighted by Gasteiger charge is 2.34. The smallest absolute Gasteiger partial charge is 0.114 e. The summed E-state index contributed by atoms with van der Waals surface area (Å²) in [5.41, 5.74) is 0. The molecule has 0 amide bonds. The van der Waals surface area contributed by atoms with E-state index in [0.29, 0.717) is 11.3 Å². The summed E-state index contributed by atoms with van der Waals surface area (Å²) in [6, 6.07) is 2.74. The average Bonchev–Trinajstić information content (AvgIpc) is 2.69. The maximum atomic E-state index is 5.42. The molecule has 18 heavy (non-hydrogen) atoms. The molecule has 102 valence electrons. The van der Waals surface area contributed by atoms with Gasteiger partial charge in [-0.1, -0.05) is 20.8 Å². The van der Waals surface area contributed by atoms with Crippen LogP contribution in [0.4, 0.5) is 0 Å². The number of furan rings is 1. The molecule has 0 bridgehead atoms. The zero-order chi connectivity index (χ0) is 13.1. The van der Waals surface area contributed by atoms with E-state index >= 15 is 0 Å². The van der Waals surface area contributed by atoms with Gasteiger partial charge in [-0.15, -0.1) is 11.8 Å². The highest BCUT2D eigenvalue weighted by molar-refractivity contribution is 8.00. The molecule has 0 aromatic carbocycles. The fourth-order valence-electron chi connectivity index (χ4n) is 3.13. The molecule has 2 rings (SSSR count). The fourth-order valence-corrected chi connectivity index (χ4v) is 4.49. The van der Waals surface area contributed by atoms with E-state index in [2.05, 4.69) is 39.1 Å². The van der Waals surface area contributed by atoms with Crippen molar-refractivity contribution >= 4 is 11.8 Å². The summed E-state index contributed by atoms with van der Waals surface area (Å²) < 4.78 is 5.42. The lowest BCUT2D eigenvalue weighted by Gasteiger charge is -2.39. The molecule has 0 radical (unpaired) electrons. The van der Waals surface area contributed by atoms with Gasteiger partial charge in [0.15, 0.2) is 0 Å². The van der Waals surface area contributed by atoms with Gasteiger partial charge in [-0.05, 0) is 44.2 Å². The molecule has 1 saturated carbocycles. The number of rotatable bonds is 4. The predicted molar refractivity (Wildman–Crippen MR) is 78.1 cm³/mol. The average molecular weight is 267 g/mol. The quantitative estimate of drug-likeness (QED) is 0.889. The monoisotopic (exact) mass is 267 g/mol. The molecule has 1 aromatic rings. The summed E-state index contributed by atoms with van der Waals surface area (Å²) in [6.07, 6.45) is 4.44. The van der Waals surface area contributed by atoms with E-state index < -0.39 is 0 Å². The number of hydrogen-bond acceptors (Lipinski definition) is 3. The number of hydrogen-bond donors (Lipinski definition) is 1. The van der Waals surface area contributed by atoms with Gasteiger partial charge in [0, 0.05) is 16.2 Å². The summed E-state index contributed by atoms with van der Waals surface area (Å²) in [7, 11) is 0. The number of nitrogens with one attached hydrogen (secondary N) is 1. The number of aryl methyl sites for hydroxylation is 1. The third-order valence-electron chi connectivity index (χ3n) is 3.93. The van der Waals surface area contributed by atoms with Crippen molar-refractivity contribution in [1.82, 2.24) is 5.32 Å². The highest BCUT2D eigenvalue weighted by Crippen LogP contribution is 2.40. The first-order valence-electron chi connectivity index (χ1n) is 7.06. The summed E-state index contributed by atoms with van der Waals surface area (Å²) in [6.45, 7) is 10.1. The molecule has 4 atom stereocenters. The van der Waals surface area contributed by atoms with E-state index in [1.807, 2.05) is 11.8 Å². The topological polar surface area (TPSA) is 25.2 Å². The SMILES string of the molecule is CCNC1CC(C)CC(C)C1Sc1ccoc1C. The zero-order valence-corrected chi connectivity index (χ0v) is 12.7. The van der Waals surface area contributed by atoms with Crippen LogP contribution in [0.15, 0.2) is 21.6 Å². The Morgan fingerprint density at radius 1 is 1.39 bits per heavy atom. The molecule has 0 saturated heterocycles. The molecule has 0 spiro atoms. The van der Waals surface area contributed by atoms with Crippen LogP contribution in [0.3, 0.4) is 0 Å². The first-order valence-corrected chi connectivity index (χ1v) is 7.94. The van der Waals surface area contributed by atoms with Gasteiger partial charge in [0.2, 0.25) is 0 Å². The Balaban J connectivity index is 2.09. The van der Waals surface area contributed by atoms with Crippen molar-refractivity contribution < 1.29 is 4.42 Å². The Bertz CT molecular complexity index is 376. The lowest BCUT2D eigenvalue weighted by Crippen LogP contribution is -2.46. The molecule has 3 heteroatoms. The van der Waals surface area contributed by atoms with Gasteiger partial charge in [0.1, 0.15) is 5.76 Å². The van der Waals surface area contributed by atoms with E-state index in [1.54, 1.807) is 6.26 Å². The lowest BCUT2D eigenvalue weighted by atomic mass is 9.80. The first kappa shape index (κ1) is 14.0. The van der Waals surface area contributed by atoms with Crippen LogP contribution < -0.4 is 5.32 Å². The number of thioether (sulfide) groups is 1. The third-order valence-corrected chi connectivity index (χ3v) is 5.67. The van der Waals surface area contributed by atoms with E-state index in [9.17, 15) is 0 Å². The van der Waals surface area contributed by atoms with Gasteiger partial charge < -0.3 is 9.73 Å². The lowest BCUT2D eigenvalue weighted by molar-refractivity contribution is 0.251. The van der Waals surface area contributed by atoms with E-state index in [1.165, 1.54) is 17.7 Å². The molecule has 1 N–H and O–H groups in total. The highest BCUT2D eigenvalue weighted by atomic mass is 32.2. The van der Waals surface area contributed by atoms with Crippen LogP contribution >= 0.6 is 11.8 Å². The second-order valence-electron chi connectivity index (χ2n) is 5.64. The van der Waals surface area contributed by atoms with E-state index in [4.69, 9.17) is 4.42 Å². The van der Waals surface area contributed by atoms with Crippen molar-refractivity contribution in [2.45, 2.75) is 56.7 Å². The predicted octanol–water partition coefficient (Wildman–Crippen LogP) is 4.09. The maximum absolute atomic E-state index is 5.42. The van der Waals surface area contributed by atoms with Crippen molar-refractivity contribution in [2.24, 2.45) is 11.8 Å². The Morgan fingerprint density at radius 3 is 2.78 bits per heavy atom. The third kappa shape index (κ3) is 3.12. The molecule has 4 unspecified atom stereocenters.